The van der Waals surface area contributed by atoms with Crippen molar-refractivity contribution < 1.29 is 4.74 Å². The van der Waals surface area contributed by atoms with Gasteiger partial charge in [-0.25, -0.2) is 4.98 Å². The summed E-state index contributed by atoms with van der Waals surface area (Å²) in [6, 6.07) is 5.38. The Kier molecular flexibility index (Phi) is 5.25. The average Bonchev–Trinajstić information content (AvgIpc) is 3.00. The second kappa shape index (κ2) is 7.23. The van der Waals surface area contributed by atoms with Gasteiger partial charge in [0.1, 0.15) is 10.7 Å². The Balaban J connectivity index is 2.24. The minimum absolute atomic E-state index is 0.0452. The highest BCUT2D eigenvalue weighted by Gasteiger charge is 2.16. The van der Waals surface area contributed by atoms with E-state index < -0.39 is 0 Å². The summed E-state index contributed by atoms with van der Waals surface area (Å²) in [7, 11) is 1.62. The maximum atomic E-state index is 13.0. The number of benzene rings is 1. The third-order valence-electron chi connectivity index (χ3n) is 3.84. The lowest BCUT2D eigenvalue weighted by atomic mass is 10.1. The standard InChI is InChI=1S/C17H16Cl2N2O2S/c1-3-14-20-16-15(17(22)21(14)6-7-23-2)11(9-24-16)10-4-5-12(18)13(19)8-10/h4-5,8-9H,3,6-7H2,1-2H3. The lowest BCUT2D eigenvalue weighted by Crippen LogP contribution is -2.26. The number of methoxy groups -OCH3 is 1. The Morgan fingerprint density at radius 1 is 1.29 bits per heavy atom. The van der Waals surface area contributed by atoms with Gasteiger partial charge in [-0.15, -0.1) is 11.3 Å². The summed E-state index contributed by atoms with van der Waals surface area (Å²) in [6.07, 6.45) is 0.689. The first-order chi connectivity index (χ1) is 11.6. The van der Waals surface area contributed by atoms with E-state index in [9.17, 15) is 4.79 Å². The SMILES string of the molecule is CCc1nc2scc(-c3ccc(Cl)c(Cl)c3)c2c(=O)n1CCOC. The monoisotopic (exact) mass is 382 g/mol. The second-order valence-corrected chi connectivity index (χ2v) is 6.96. The first-order valence-electron chi connectivity index (χ1n) is 7.52. The van der Waals surface area contributed by atoms with Gasteiger partial charge in [-0.2, -0.15) is 0 Å². The van der Waals surface area contributed by atoms with Crippen molar-refractivity contribution in [1.29, 1.82) is 0 Å². The fourth-order valence-corrected chi connectivity index (χ4v) is 3.88. The van der Waals surface area contributed by atoms with E-state index in [-0.39, 0.29) is 5.56 Å². The minimum Gasteiger partial charge on any atom is -0.383 e. The predicted molar refractivity (Wildman–Crippen MR) is 101 cm³/mol. The lowest BCUT2D eigenvalue weighted by molar-refractivity contribution is 0.185. The van der Waals surface area contributed by atoms with Gasteiger partial charge in [0.15, 0.2) is 0 Å². The third kappa shape index (κ3) is 3.09. The van der Waals surface area contributed by atoms with Crippen molar-refractivity contribution in [1.82, 2.24) is 9.55 Å². The van der Waals surface area contributed by atoms with Crippen molar-refractivity contribution >= 4 is 44.8 Å². The topological polar surface area (TPSA) is 44.1 Å². The molecule has 0 N–H and O–H groups in total. The summed E-state index contributed by atoms with van der Waals surface area (Å²) in [5.41, 5.74) is 1.65. The van der Waals surface area contributed by atoms with Crippen LogP contribution >= 0.6 is 34.5 Å². The number of halogens is 2. The molecule has 0 amide bonds. The molecular weight excluding hydrogens is 367 g/mol. The molecule has 3 aromatic rings. The summed E-state index contributed by atoms with van der Waals surface area (Å²) >= 11 is 13.6. The largest absolute Gasteiger partial charge is 0.383 e. The number of thiophene rings is 1. The van der Waals surface area contributed by atoms with Crippen LogP contribution in [0.25, 0.3) is 21.3 Å². The van der Waals surface area contributed by atoms with Crippen molar-refractivity contribution in [3.8, 4) is 11.1 Å². The number of aromatic nitrogens is 2. The molecule has 0 saturated carbocycles. The molecule has 4 nitrogen and oxygen atoms in total. The zero-order chi connectivity index (χ0) is 17.3. The Hall–Kier alpha value is -1.40. The normalized spacial score (nSPS) is 11.3. The van der Waals surface area contributed by atoms with Gasteiger partial charge in [0.25, 0.3) is 5.56 Å². The summed E-state index contributed by atoms with van der Waals surface area (Å²) < 4.78 is 6.81. The molecule has 0 unspecified atom stereocenters. The second-order valence-electron chi connectivity index (χ2n) is 5.29. The van der Waals surface area contributed by atoms with E-state index in [1.807, 2.05) is 18.4 Å². The van der Waals surface area contributed by atoms with Gasteiger partial charge < -0.3 is 4.74 Å². The smallest absolute Gasteiger partial charge is 0.262 e. The number of fused-ring (bicyclic) bond motifs is 1. The summed E-state index contributed by atoms with van der Waals surface area (Å²) in [6.45, 7) is 2.94. The zero-order valence-electron chi connectivity index (χ0n) is 13.3. The van der Waals surface area contributed by atoms with Crippen molar-refractivity contribution in [3.05, 3.63) is 49.8 Å². The first-order valence-corrected chi connectivity index (χ1v) is 9.15. The van der Waals surface area contributed by atoms with Crippen molar-refractivity contribution in [2.24, 2.45) is 0 Å². The quantitative estimate of drug-likeness (QED) is 0.645. The molecule has 0 spiro atoms. The summed E-state index contributed by atoms with van der Waals surface area (Å²) in [5.74, 6) is 0.770. The predicted octanol–water partition coefficient (Wildman–Crippen LogP) is 4.64. The molecule has 0 aliphatic carbocycles. The van der Waals surface area contributed by atoms with Crippen LogP contribution in [0.1, 0.15) is 12.7 Å². The summed E-state index contributed by atoms with van der Waals surface area (Å²) in [4.78, 5) is 18.4. The van der Waals surface area contributed by atoms with E-state index in [0.29, 0.717) is 35.0 Å². The van der Waals surface area contributed by atoms with Gasteiger partial charge in [0.2, 0.25) is 0 Å². The molecule has 0 fully saturated rings. The number of hydrogen-bond donors (Lipinski definition) is 0. The highest BCUT2D eigenvalue weighted by Crippen LogP contribution is 2.34. The van der Waals surface area contributed by atoms with E-state index in [0.717, 1.165) is 21.8 Å². The minimum atomic E-state index is -0.0452. The van der Waals surface area contributed by atoms with Gasteiger partial charge in [-0.05, 0) is 17.7 Å². The van der Waals surface area contributed by atoms with Crippen LogP contribution in [-0.4, -0.2) is 23.3 Å². The van der Waals surface area contributed by atoms with Gasteiger partial charge in [0.05, 0.1) is 28.6 Å². The molecule has 0 aliphatic heterocycles. The van der Waals surface area contributed by atoms with Crippen LogP contribution in [0.3, 0.4) is 0 Å². The molecule has 3 rings (SSSR count). The van der Waals surface area contributed by atoms with Crippen LogP contribution in [0.4, 0.5) is 0 Å². The fraction of sp³-hybridized carbons (Fsp3) is 0.294. The number of nitrogens with zero attached hydrogens (tertiary/aromatic N) is 2. The molecule has 0 atom stereocenters. The molecule has 0 aliphatic rings. The van der Waals surface area contributed by atoms with Crippen LogP contribution in [-0.2, 0) is 17.7 Å². The van der Waals surface area contributed by atoms with E-state index in [1.165, 1.54) is 11.3 Å². The van der Waals surface area contributed by atoms with Gasteiger partial charge in [0, 0.05) is 24.5 Å². The third-order valence-corrected chi connectivity index (χ3v) is 5.45. The molecule has 0 saturated heterocycles. The molecule has 126 valence electrons. The van der Waals surface area contributed by atoms with Gasteiger partial charge >= 0.3 is 0 Å². The van der Waals surface area contributed by atoms with E-state index in [1.54, 1.807) is 23.8 Å². The molecule has 7 heteroatoms. The molecule has 2 heterocycles. The van der Waals surface area contributed by atoms with Gasteiger partial charge in [-0.1, -0.05) is 36.2 Å². The fourth-order valence-electron chi connectivity index (χ4n) is 2.63. The molecule has 2 aromatic heterocycles. The lowest BCUT2D eigenvalue weighted by Gasteiger charge is -2.11. The van der Waals surface area contributed by atoms with Crippen LogP contribution in [0.2, 0.25) is 10.0 Å². The Bertz CT molecular complexity index is 950. The van der Waals surface area contributed by atoms with E-state index >= 15 is 0 Å². The van der Waals surface area contributed by atoms with Crippen molar-refractivity contribution in [2.75, 3.05) is 13.7 Å². The first kappa shape index (κ1) is 17.4. The average molecular weight is 383 g/mol. The Labute approximate surface area is 153 Å². The molecule has 0 radical (unpaired) electrons. The number of ether oxygens (including phenoxy) is 1. The van der Waals surface area contributed by atoms with Crippen LogP contribution in [0.5, 0.6) is 0 Å². The van der Waals surface area contributed by atoms with E-state index in [2.05, 4.69) is 4.98 Å². The Morgan fingerprint density at radius 2 is 2.08 bits per heavy atom. The molecule has 0 bridgehead atoms. The van der Waals surface area contributed by atoms with Crippen LogP contribution in [0, 0.1) is 0 Å². The highest BCUT2D eigenvalue weighted by atomic mass is 35.5. The zero-order valence-corrected chi connectivity index (χ0v) is 15.6. The summed E-state index contributed by atoms with van der Waals surface area (Å²) in [5, 5.41) is 3.51. The van der Waals surface area contributed by atoms with E-state index in [4.69, 9.17) is 27.9 Å². The van der Waals surface area contributed by atoms with Gasteiger partial charge in [-0.3, -0.25) is 9.36 Å². The van der Waals surface area contributed by atoms with Crippen molar-refractivity contribution in [3.63, 3.8) is 0 Å². The molecule has 24 heavy (non-hydrogen) atoms. The maximum Gasteiger partial charge on any atom is 0.262 e. The molecular formula is C17H16Cl2N2O2S. The highest BCUT2D eigenvalue weighted by molar-refractivity contribution is 7.17. The molecule has 1 aromatic carbocycles. The number of rotatable bonds is 5. The maximum absolute atomic E-state index is 13.0. The van der Waals surface area contributed by atoms with Crippen molar-refractivity contribution in [2.45, 2.75) is 19.9 Å². The van der Waals surface area contributed by atoms with Crippen LogP contribution in [0.15, 0.2) is 28.4 Å². The number of hydrogen-bond acceptors (Lipinski definition) is 4. The number of aryl methyl sites for hydroxylation is 1. The van der Waals surface area contributed by atoms with Crippen LogP contribution < -0.4 is 5.56 Å². The Morgan fingerprint density at radius 3 is 2.75 bits per heavy atom.